The summed E-state index contributed by atoms with van der Waals surface area (Å²) >= 11 is 0. The zero-order valence-corrected chi connectivity index (χ0v) is 12.2. The average molecular weight is 272 g/mol. The van der Waals surface area contributed by atoms with Crippen LogP contribution in [0.5, 0.6) is 0 Å². The SMILES string of the molecule is Cc1ccc(N(C)CC(N)c2ccccc2F)c(C)c1. The second-order valence-electron chi connectivity index (χ2n) is 5.30. The second kappa shape index (κ2) is 6.06. The number of hydrogen-bond acceptors (Lipinski definition) is 2. The van der Waals surface area contributed by atoms with Crippen LogP contribution in [0.4, 0.5) is 10.1 Å². The molecular weight excluding hydrogens is 251 g/mol. The lowest BCUT2D eigenvalue weighted by atomic mass is 10.1. The fourth-order valence-corrected chi connectivity index (χ4v) is 2.50. The fourth-order valence-electron chi connectivity index (χ4n) is 2.50. The van der Waals surface area contributed by atoms with Crippen LogP contribution in [0.15, 0.2) is 42.5 Å². The molecule has 1 unspecified atom stereocenters. The second-order valence-corrected chi connectivity index (χ2v) is 5.30. The number of nitrogens with zero attached hydrogens (tertiary/aromatic N) is 1. The van der Waals surface area contributed by atoms with Crippen molar-refractivity contribution in [2.45, 2.75) is 19.9 Å². The molecule has 0 aromatic heterocycles. The van der Waals surface area contributed by atoms with Crippen molar-refractivity contribution in [3.8, 4) is 0 Å². The van der Waals surface area contributed by atoms with E-state index in [-0.39, 0.29) is 11.9 Å². The predicted molar refractivity (Wildman–Crippen MR) is 82.5 cm³/mol. The summed E-state index contributed by atoms with van der Waals surface area (Å²) in [5, 5.41) is 0. The van der Waals surface area contributed by atoms with Crippen LogP contribution in [0, 0.1) is 19.7 Å². The highest BCUT2D eigenvalue weighted by molar-refractivity contribution is 5.54. The van der Waals surface area contributed by atoms with E-state index >= 15 is 0 Å². The topological polar surface area (TPSA) is 29.3 Å². The smallest absolute Gasteiger partial charge is 0.128 e. The standard InChI is InChI=1S/C17H21FN2/c1-12-8-9-17(13(2)10-12)20(3)11-16(19)14-6-4-5-7-15(14)18/h4-10,16H,11,19H2,1-3H3. The summed E-state index contributed by atoms with van der Waals surface area (Å²) in [6.45, 7) is 4.72. The van der Waals surface area contributed by atoms with Gasteiger partial charge in [0.15, 0.2) is 0 Å². The minimum Gasteiger partial charge on any atom is -0.372 e. The maximum atomic E-state index is 13.7. The summed E-state index contributed by atoms with van der Waals surface area (Å²) in [5.74, 6) is -0.242. The lowest BCUT2D eigenvalue weighted by Gasteiger charge is -2.25. The Morgan fingerprint density at radius 2 is 1.85 bits per heavy atom. The normalized spacial score (nSPS) is 12.2. The summed E-state index contributed by atoms with van der Waals surface area (Å²) in [4.78, 5) is 2.08. The Kier molecular flexibility index (Phi) is 4.40. The molecule has 0 saturated heterocycles. The van der Waals surface area contributed by atoms with Gasteiger partial charge in [0.1, 0.15) is 5.82 Å². The Bertz CT molecular complexity index is 595. The molecule has 0 aliphatic heterocycles. The van der Waals surface area contributed by atoms with Crippen LogP contribution in [0.2, 0.25) is 0 Å². The van der Waals surface area contributed by atoms with Gasteiger partial charge < -0.3 is 10.6 Å². The van der Waals surface area contributed by atoms with Gasteiger partial charge in [0, 0.05) is 24.8 Å². The van der Waals surface area contributed by atoms with Crippen molar-refractivity contribution in [2.75, 3.05) is 18.5 Å². The molecule has 20 heavy (non-hydrogen) atoms. The minimum absolute atomic E-state index is 0.242. The molecule has 3 heteroatoms. The molecule has 1 atom stereocenters. The maximum absolute atomic E-state index is 13.7. The molecule has 0 fully saturated rings. The predicted octanol–water partition coefficient (Wildman–Crippen LogP) is 3.58. The van der Waals surface area contributed by atoms with Gasteiger partial charge in [-0.3, -0.25) is 0 Å². The number of nitrogens with two attached hydrogens (primary N) is 1. The minimum atomic E-state index is -0.345. The van der Waals surface area contributed by atoms with Crippen molar-refractivity contribution in [3.05, 3.63) is 65.0 Å². The van der Waals surface area contributed by atoms with Gasteiger partial charge in [-0.15, -0.1) is 0 Å². The zero-order valence-electron chi connectivity index (χ0n) is 12.2. The Morgan fingerprint density at radius 3 is 2.50 bits per heavy atom. The monoisotopic (exact) mass is 272 g/mol. The van der Waals surface area contributed by atoms with Gasteiger partial charge in [0.2, 0.25) is 0 Å². The number of likely N-dealkylation sites (N-methyl/N-ethyl adjacent to an activating group) is 1. The van der Waals surface area contributed by atoms with Gasteiger partial charge in [-0.05, 0) is 31.5 Å². The van der Waals surface area contributed by atoms with Gasteiger partial charge in [0.25, 0.3) is 0 Å². The van der Waals surface area contributed by atoms with Crippen molar-refractivity contribution in [1.82, 2.24) is 0 Å². The van der Waals surface area contributed by atoms with E-state index in [0.29, 0.717) is 12.1 Å². The molecule has 0 radical (unpaired) electrons. The van der Waals surface area contributed by atoms with Crippen molar-refractivity contribution < 1.29 is 4.39 Å². The largest absolute Gasteiger partial charge is 0.372 e. The lowest BCUT2D eigenvalue weighted by Crippen LogP contribution is -2.30. The average Bonchev–Trinajstić information content (AvgIpc) is 2.38. The molecule has 2 aromatic rings. The molecule has 0 spiro atoms. The van der Waals surface area contributed by atoms with Crippen LogP contribution < -0.4 is 10.6 Å². The molecule has 0 saturated carbocycles. The van der Waals surface area contributed by atoms with Gasteiger partial charge in [-0.25, -0.2) is 4.39 Å². The highest BCUT2D eigenvalue weighted by Crippen LogP contribution is 2.23. The van der Waals surface area contributed by atoms with Crippen LogP contribution >= 0.6 is 0 Å². The van der Waals surface area contributed by atoms with E-state index in [2.05, 4.69) is 36.9 Å². The molecular formula is C17H21FN2. The van der Waals surface area contributed by atoms with Crippen LogP contribution in [0.1, 0.15) is 22.7 Å². The van der Waals surface area contributed by atoms with Gasteiger partial charge in [-0.2, -0.15) is 0 Å². The van der Waals surface area contributed by atoms with Crippen molar-refractivity contribution in [2.24, 2.45) is 5.73 Å². The van der Waals surface area contributed by atoms with Crippen LogP contribution in [-0.4, -0.2) is 13.6 Å². The van der Waals surface area contributed by atoms with E-state index in [1.54, 1.807) is 12.1 Å². The molecule has 0 bridgehead atoms. The Hall–Kier alpha value is -1.87. The maximum Gasteiger partial charge on any atom is 0.128 e. The summed E-state index contributed by atoms with van der Waals surface area (Å²) in [5.41, 5.74) is 10.3. The third-order valence-electron chi connectivity index (χ3n) is 3.54. The van der Waals surface area contributed by atoms with E-state index in [9.17, 15) is 4.39 Å². The highest BCUT2D eigenvalue weighted by Gasteiger charge is 2.14. The quantitative estimate of drug-likeness (QED) is 0.921. The van der Waals surface area contributed by atoms with Gasteiger partial charge in [0.05, 0.1) is 6.04 Å². The molecule has 106 valence electrons. The first-order valence-electron chi connectivity index (χ1n) is 6.77. The third kappa shape index (κ3) is 3.17. The molecule has 0 amide bonds. The zero-order chi connectivity index (χ0) is 14.7. The van der Waals surface area contributed by atoms with E-state index in [1.165, 1.54) is 17.2 Å². The third-order valence-corrected chi connectivity index (χ3v) is 3.54. The number of aryl methyl sites for hydroxylation is 2. The molecule has 0 aliphatic rings. The van der Waals surface area contributed by atoms with Crippen LogP contribution in [0.25, 0.3) is 0 Å². The molecule has 2 N–H and O–H groups in total. The van der Waals surface area contributed by atoms with Gasteiger partial charge >= 0.3 is 0 Å². The van der Waals surface area contributed by atoms with E-state index in [1.807, 2.05) is 13.1 Å². The van der Waals surface area contributed by atoms with E-state index in [4.69, 9.17) is 5.73 Å². The first-order valence-corrected chi connectivity index (χ1v) is 6.77. The molecule has 0 heterocycles. The summed E-state index contributed by atoms with van der Waals surface area (Å²) in [6.07, 6.45) is 0. The molecule has 2 aromatic carbocycles. The summed E-state index contributed by atoms with van der Waals surface area (Å²) in [6, 6.07) is 12.6. The molecule has 0 aliphatic carbocycles. The van der Waals surface area contributed by atoms with Crippen LogP contribution in [0.3, 0.4) is 0 Å². The van der Waals surface area contributed by atoms with E-state index in [0.717, 1.165) is 5.69 Å². The number of benzene rings is 2. The number of rotatable bonds is 4. The highest BCUT2D eigenvalue weighted by atomic mass is 19.1. The Morgan fingerprint density at radius 1 is 1.15 bits per heavy atom. The van der Waals surface area contributed by atoms with Crippen molar-refractivity contribution >= 4 is 5.69 Å². The first kappa shape index (κ1) is 14.5. The van der Waals surface area contributed by atoms with E-state index < -0.39 is 0 Å². The Balaban J connectivity index is 2.15. The summed E-state index contributed by atoms with van der Waals surface area (Å²) in [7, 11) is 1.98. The first-order chi connectivity index (χ1) is 9.49. The fraction of sp³-hybridized carbons (Fsp3) is 0.294. The summed E-state index contributed by atoms with van der Waals surface area (Å²) < 4.78 is 13.7. The molecule has 2 nitrogen and oxygen atoms in total. The lowest BCUT2D eigenvalue weighted by molar-refractivity contribution is 0.580. The van der Waals surface area contributed by atoms with Crippen LogP contribution in [-0.2, 0) is 0 Å². The number of halogens is 1. The molecule has 2 rings (SSSR count). The Labute approximate surface area is 120 Å². The number of anilines is 1. The van der Waals surface area contributed by atoms with Crippen molar-refractivity contribution in [1.29, 1.82) is 0 Å². The van der Waals surface area contributed by atoms with Gasteiger partial charge in [-0.1, -0.05) is 35.9 Å². The van der Waals surface area contributed by atoms with Crippen molar-refractivity contribution in [3.63, 3.8) is 0 Å². The number of hydrogen-bond donors (Lipinski definition) is 1.